The molecule has 1 heterocycles. The third kappa shape index (κ3) is 4.49. The van der Waals surface area contributed by atoms with E-state index in [9.17, 15) is 4.79 Å². The van der Waals surface area contributed by atoms with E-state index in [-0.39, 0.29) is 6.42 Å². The molecule has 1 aromatic heterocycles. The lowest BCUT2D eigenvalue weighted by molar-refractivity contribution is -0.124. The maximum Gasteiger partial charge on any atom is 0.220 e. The molecule has 6 nitrogen and oxygen atoms in total. The summed E-state index contributed by atoms with van der Waals surface area (Å²) < 4.78 is 16.7. The second-order valence-corrected chi connectivity index (χ2v) is 6.50. The van der Waals surface area contributed by atoms with Gasteiger partial charge < -0.3 is 19.9 Å². The smallest absolute Gasteiger partial charge is 0.220 e. The average molecular weight is 364 g/mol. The first-order valence-electron chi connectivity index (χ1n) is 8.13. The summed E-state index contributed by atoms with van der Waals surface area (Å²) in [5, 5.41) is 2.70. The molecule has 1 unspecified atom stereocenters. The van der Waals surface area contributed by atoms with Crippen molar-refractivity contribution in [1.82, 2.24) is 4.98 Å². The van der Waals surface area contributed by atoms with E-state index in [0.717, 1.165) is 10.6 Å². The summed E-state index contributed by atoms with van der Waals surface area (Å²) in [5.41, 5.74) is 6.09. The monoisotopic (exact) mass is 364 g/mol. The number of aromatic nitrogens is 1. The first-order valence-corrected chi connectivity index (χ1v) is 9.01. The van der Waals surface area contributed by atoms with Crippen molar-refractivity contribution in [3.63, 3.8) is 0 Å². The third-order valence-electron chi connectivity index (χ3n) is 3.80. The maximum absolute atomic E-state index is 11.3. The molecule has 1 aromatic carbocycles. The lowest BCUT2D eigenvalue weighted by Crippen LogP contribution is -2.31. The summed E-state index contributed by atoms with van der Waals surface area (Å²) in [6, 6.07) is 5.73. The summed E-state index contributed by atoms with van der Waals surface area (Å²) in [6.45, 7) is 6.78. The fourth-order valence-corrected chi connectivity index (χ4v) is 3.37. The Morgan fingerprint density at radius 3 is 2.52 bits per heavy atom. The predicted octanol–water partition coefficient (Wildman–Crippen LogP) is 3.34. The molecule has 2 rings (SSSR count). The molecule has 1 amide bonds. The molecular formula is C18H24N2O4S. The zero-order chi connectivity index (χ0) is 18.4. The minimum atomic E-state index is -0.839. The van der Waals surface area contributed by atoms with Gasteiger partial charge in [0.2, 0.25) is 5.91 Å². The van der Waals surface area contributed by atoms with E-state index >= 15 is 0 Å². The minimum Gasteiger partial charge on any atom is -0.490 e. The van der Waals surface area contributed by atoms with Crippen LogP contribution in [-0.4, -0.2) is 31.2 Å². The van der Waals surface area contributed by atoms with Crippen molar-refractivity contribution in [2.24, 2.45) is 5.73 Å². The van der Waals surface area contributed by atoms with Crippen LogP contribution in [-0.2, 0) is 15.1 Å². The Morgan fingerprint density at radius 2 is 1.92 bits per heavy atom. The first-order chi connectivity index (χ1) is 11.9. The summed E-state index contributed by atoms with van der Waals surface area (Å²) >= 11 is 1.48. The lowest BCUT2D eigenvalue weighted by atomic mass is 9.98. The van der Waals surface area contributed by atoms with Crippen LogP contribution in [0.15, 0.2) is 23.6 Å². The van der Waals surface area contributed by atoms with E-state index in [1.54, 1.807) is 14.0 Å². The number of hydrogen-bond donors (Lipinski definition) is 1. The summed E-state index contributed by atoms with van der Waals surface area (Å²) in [4.78, 5) is 16.0. The Kier molecular flexibility index (Phi) is 6.39. The van der Waals surface area contributed by atoms with Crippen molar-refractivity contribution in [2.45, 2.75) is 32.8 Å². The van der Waals surface area contributed by atoms with E-state index in [2.05, 4.69) is 4.98 Å². The predicted molar refractivity (Wildman–Crippen MR) is 98.1 cm³/mol. The van der Waals surface area contributed by atoms with Crippen LogP contribution in [0.1, 0.15) is 32.9 Å². The third-order valence-corrected chi connectivity index (χ3v) is 4.69. The van der Waals surface area contributed by atoms with E-state index in [1.165, 1.54) is 11.3 Å². The van der Waals surface area contributed by atoms with E-state index in [1.807, 2.05) is 37.4 Å². The number of carbonyl (C=O) groups excluding carboxylic acids is 1. The standard InChI is InChI=1S/C18H24N2O4S/c1-5-23-13-8-7-12(9-14(13)24-6-2)17-20-15(11-25-17)18(3,22-4)10-16(19)21/h7-9,11H,5-6,10H2,1-4H3,(H2,19,21). The summed E-state index contributed by atoms with van der Waals surface area (Å²) in [6.07, 6.45) is 0.0696. The minimum absolute atomic E-state index is 0.0696. The van der Waals surface area contributed by atoms with Gasteiger partial charge in [-0.3, -0.25) is 4.79 Å². The highest BCUT2D eigenvalue weighted by atomic mass is 32.1. The molecule has 0 saturated heterocycles. The van der Waals surface area contributed by atoms with Crippen molar-refractivity contribution < 1.29 is 19.0 Å². The number of ether oxygens (including phenoxy) is 3. The van der Waals surface area contributed by atoms with Crippen LogP contribution in [0.2, 0.25) is 0 Å². The molecule has 0 aliphatic rings. The number of methoxy groups -OCH3 is 1. The van der Waals surface area contributed by atoms with E-state index in [4.69, 9.17) is 19.9 Å². The van der Waals surface area contributed by atoms with Gasteiger partial charge in [-0.2, -0.15) is 0 Å². The van der Waals surface area contributed by atoms with Gasteiger partial charge >= 0.3 is 0 Å². The SMILES string of the molecule is CCOc1ccc(-c2nc(C(C)(CC(N)=O)OC)cs2)cc1OCC. The molecule has 136 valence electrons. The van der Waals surface area contributed by atoms with E-state index < -0.39 is 11.5 Å². The number of carbonyl (C=O) groups is 1. The molecule has 2 N–H and O–H groups in total. The molecule has 0 radical (unpaired) electrons. The number of rotatable bonds is 9. The Morgan fingerprint density at radius 1 is 1.24 bits per heavy atom. The molecule has 7 heteroatoms. The van der Waals surface area contributed by atoms with Gasteiger partial charge in [-0.05, 0) is 39.0 Å². The second-order valence-electron chi connectivity index (χ2n) is 5.64. The van der Waals surface area contributed by atoms with Gasteiger partial charge in [-0.15, -0.1) is 11.3 Å². The zero-order valence-corrected chi connectivity index (χ0v) is 15.8. The Hall–Kier alpha value is -2.12. The number of nitrogens with two attached hydrogens (primary N) is 1. The van der Waals surface area contributed by atoms with Gasteiger partial charge in [0, 0.05) is 18.1 Å². The van der Waals surface area contributed by atoms with Crippen molar-refractivity contribution >= 4 is 17.2 Å². The summed E-state index contributed by atoms with van der Waals surface area (Å²) in [5.74, 6) is 0.962. The molecule has 0 aliphatic heterocycles. The van der Waals surface area contributed by atoms with Crippen LogP contribution in [0.4, 0.5) is 0 Å². The highest BCUT2D eigenvalue weighted by molar-refractivity contribution is 7.13. The normalized spacial score (nSPS) is 13.3. The van der Waals surface area contributed by atoms with Crippen LogP contribution < -0.4 is 15.2 Å². The zero-order valence-electron chi connectivity index (χ0n) is 15.0. The second kappa shape index (κ2) is 8.31. The van der Waals surface area contributed by atoms with Crippen LogP contribution in [0.3, 0.4) is 0 Å². The highest BCUT2D eigenvalue weighted by Crippen LogP contribution is 2.36. The number of thiazole rings is 1. The van der Waals surface area contributed by atoms with Crippen LogP contribution >= 0.6 is 11.3 Å². The maximum atomic E-state index is 11.3. The Balaban J connectivity index is 2.35. The average Bonchev–Trinajstić information content (AvgIpc) is 3.07. The topological polar surface area (TPSA) is 83.7 Å². The molecular weight excluding hydrogens is 340 g/mol. The largest absolute Gasteiger partial charge is 0.490 e. The Labute approximate surface area is 151 Å². The molecule has 0 saturated carbocycles. The highest BCUT2D eigenvalue weighted by Gasteiger charge is 2.31. The molecule has 2 aromatic rings. The van der Waals surface area contributed by atoms with Crippen molar-refractivity contribution in [2.75, 3.05) is 20.3 Å². The molecule has 0 aliphatic carbocycles. The number of amides is 1. The quantitative estimate of drug-likeness (QED) is 0.738. The van der Waals surface area contributed by atoms with Gasteiger partial charge in [0.05, 0.1) is 25.3 Å². The van der Waals surface area contributed by atoms with Crippen LogP contribution in [0.25, 0.3) is 10.6 Å². The molecule has 0 bridgehead atoms. The Bertz CT molecular complexity index is 732. The molecule has 1 atom stereocenters. The number of primary amides is 1. The van der Waals surface area contributed by atoms with Crippen molar-refractivity contribution in [1.29, 1.82) is 0 Å². The van der Waals surface area contributed by atoms with Gasteiger partial charge in [-0.1, -0.05) is 0 Å². The van der Waals surface area contributed by atoms with E-state index in [0.29, 0.717) is 30.4 Å². The lowest BCUT2D eigenvalue weighted by Gasteiger charge is -2.24. The molecule has 25 heavy (non-hydrogen) atoms. The molecule has 0 fully saturated rings. The van der Waals surface area contributed by atoms with Crippen molar-refractivity contribution in [3.8, 4) is 22.1 Å². The fourth-order valence-electron chi connectivity index (χ4n) is 2.43. The van der Waals surface area contributed by atoms with Crippen LogP contribution in [0.5, 0.6) is 11.5 Å². The molecule has 0 spiro atoms. The van der Waals surface area contributed by atoms with Gasteiger partial charge in [0.15, 0.2) is 11.5 Å². The van der Waals surface area contributed by atoms with Crippen molar-refractivity contribution in [3.05, 3.63) is 29.3 Å². The van der Waals surface area contributed by atoms with Gasteiger partial charge in [-0.25, -0.2) is 4.98 Å². The fraction of sp³-hybridized carbons (Fsp3) is 0.444. The van der Waals surface area contributed by atoms with Gasteiger partial charge in [0.25, 0.3) is 0 Å². The number of benzene rings is 1. The summed E-state index contributed by atoms with van der Waals surface area (Å²) in [7, 11) is 1.55. The number of nitrogens with zero attached hydrogens (tertiary/aromatic N) is 1. The van der Waals surface area contributed by atoms with Gasteiger partial charge in [0.1, 0.15) is 10.6 Å². The first kappa shape index (κ1) is 19.2. The number of hydrogen-bond acceptors (Lipinski definition) is 6. The van der Waals surface area contributed by atoms with Crippen LogP contribution in [0, 0.1) is 0 Å².